The van der Waals surface area contributed by atoms with Gasteiger partial charge in [-0.25, -0.2) is 13.1 Å². The molecule has 0 atom stereocenters. The Balaban J connectivity index is 1.78. The number of thiophene rings is 1. The lowest BCUT2D eigenvalue weighted by atomic mass is 10.3. The minimum absolute atomic E-state index is 0.135. The molecule has 1 aromatic heterocycles. The molecule has 2 N–H and O–H groups in total. The lowest BCUT2D eigenvalue weighted by molar-refractivity contribution is -0.136. The lowest BCUT2D eigenvalue weighted by Gasteiger charge is -2.05. The van der Waals surface area contributed by atoms with E-state index in [1.165, 1.54) is 25.0 Å². The molecule has 1 aromatic rings. The predicted octanol–water partition coefficient (Wildman–Crippen LogP) is 1.08. The molecule has 112 valence electrons. The molecule has 0 spiro atoms. The van der Waals surface area contributed by atoms with E-state index >= 15 is 0 Å². The molecule has 1 aliphatic rings. The number of carboxylic acid groups (broad SMARTS) is 1. The fourth-order valence-electron chi connectivity index (χ4n) is 1.60. The summed E-state index contributed by atoms with van der Waals surface area (Å²) in [5.41, 5.74) is 0. The molecule has 6 nitrogen and oxygen atoms in total. The molecular weight excluding hydrogens is 302 g/mol. The zero-order valence-corrected chi connectivity index (χ0v) is 12.5. The molecule has 1 heterocycles. The zero-order valence-electron chi connectivity index (χ0n) is 10.9. The van der Waals surface area contributed by atoms with Gasteiger partial charge in [-0.3, -0.25) is 4.79 Å². The van der Waals surface area contributed by atoms with Crippen molar-refractivity contribution in [2.75, 3.05) is 19.8 Å². The van der Waals surface area contributed by atoms with Gasteiger partial charge < -0.3 is 9.84 Å². The van der Waals surface area contributed by atoms with Crippen LogP contribution in [0.2, 0.25) is 0 Å². The van der Waals surface area contributed by atoms with Crippen LogP contribution in [0.5, 0.6) is 0 Å². The van der Waals surface area contributed by atoms with Gasteiger partial charge in [0.15, 0.2) is 0 Å². The highest BCUT2D eigenvalue weighted by Crippen LogP contribution is 2.28. The summed E-state index contributed by atoms with van der Waals surface area (Å²) in [6.07, 6.45) is 2.24. The molecule has 0 bridgehead atoms. The highest BCUT2D eigenvalue weighted by atomic mass is 32.2. The van der Waals surface area contributed by atoms with Crippen LogP contribution >= 0.6 is 11.3 Å². The Kier molecular flexibility index (Phi) is 5.14. The topological polar surface area (TPSA) is 92.7 Å². The molecule has 0 aliphatic heterocycles. The van der Waals surface area contributed by atoms with Crippen LogP contribution in [0.4, 0.5) is 0 Å². The number of rotatable bonds is 9. The summed E-state index contributed by atoms with van der Waals surface area (Å²) in [5.74, 6) is -0.320. The Morgan fingerprint density at radius 2 is 2.20 bits per heavy atom. The van der Waals surface area contributed by atoms with Crippen LogP contribution in [0.25, 0.3) is 0 Å². The SMILES string of the molecule is O=C(O)Cc1ccc(S(=O)(=O)NCCOCC2CC2)s1. The maximum absolute atomic E-state index is 11.9. The van der Waals surface area contributed by atoms with Gasteiger partial charge in [0.05, 0.1) is 13.0 Å². The van der Waals surface area contributed by atoms with E-state index < -0.39 is 16.0 Å². The first kappa shape index (κ1) is 15.4. The zero-order chi connectivity index (χ0) is 14.6. The van der Waals surface area contributed by atoms with Crippen molar-refractivity contribution in [3.8, 4) is 0 Å². The molecule has 0 saturated heterocycles. The Hall–Kier alpha value is -0.960. The maximum atomic E-state index is 11.9. The summed E-state index contributed by atoms with van der Waals surface area (Å²) >= 11 is 0.975. The number of carboxylic acids is 1. The predicted molar refractivity (Wildman–Crippen MR) is 74.4 cm³/mol. The highest BCUT2D eigenvalue weighted by Gasteiger charge is 2.21. The molecule has 2 rings (SSSR count). The molecule has 0 unspecified atom stereocenters. The number of hydrogen-bond donors (Lipinski definition) is 2. The number of ether oxygens (including phenoxy) is 1. The van der Waals surface area contributed by atoms with Crippen molar-refractivity contribution < 1.29 is 23.1 Å². The summed E-state index contributed by atoms with van der Waals surface area (Å²) in [4.78, 5) is 11.1. The van der Waals surface area contributed by atoms with Crippen LogP contribution < -0.4 is 4.72 Å². The van der Waals surface area contributed by atoms with Gasteiger partial charge >= 0.3 is 5.97 Å². The molecule has 1 saturated carbocycles. The van der Waals surface area contributed by atoms with E-state index in [0.717, 1.165) is 11.3 Å². The minimum Gasteiger partial charge on any atom is -0.481 e. The van der Waals surface area contributed by atoms with Crippen LogP contribution in [0.1, 0.15) is 17.7 Å². The van der Waals surface area contributed by atoms with Gasteiger partial charge in [0, 0.05) is 18.0 Å². The van der Waals surface area contributed by atoms with Gasteiger partial charge in [-0.2, -0.15) is 0 Å². The van der Waals surface area contributed by atoms with Crippen molar-refractivity contribution in [2.45, 2.75) is 23.5 Å². The average molecular weight is 319 g/mol. The third-order valence-electron chi connectivity index (χ3n) is 2.82. The van der Waals surface area contributed by atoms with Gasteiger partial charge in [0.25, 0.3) is 0 Å². The van der Waals surface area contributed by atoms with E-state index in [4.69, 9.17) is 9.84 Å². The number of sulfonamides is 1. The maximum Gasteiger partial charge on any atom is 0.308 e. The summed E-state index contributed by atoms with van der Waals surface area (Å²) < 4.78 is 31.8. The molecule has 0 aromatic carbocycles. The summed E-state index contributed by atoms with van der Waals surface area (Å²) in [5, 5.41) is 8.65. The number of nitrogens with one attached hydrogen (secondary N) is 1. The minimum atomic E-state index is -3.56. The standard InChI is InChI=1S/C12H17NO5S2/c14-11(15)7-10-3-4-12(19-10)20(16,17)13-5-6-18-8-9-1-2-9/h3-4,9,13H,1-2,5-8H2,(H,14,15). The van der Waals surface area contributed by atoms with Gasteiger partial charge in [-0.05, 0) is 30.9 Å². The first-order valence-corrected chi connectivity index (χ1v) is 8.65. The third kappa shape index (κ3) is 4.86. The van der Waals surface area contributed by atoms with Crippen molar-refractivity contribution in [3.63, 3.8) is 0 Å². The second-order valence-corrected chi connectivity index (χ2v) is 7.87. The fraction of sp³-hybridized carbons (Fsp3) is 0.583. The van der Waals surface area contributed by atoms with E-state index in [1.807, 2.05) is 0 Å². The Morgan fingerprint density at radius 1 is 1.45 bits per heavy atom. The van der Waals surface area contributed by atoms with Crippen LogP contribution in [-0.4, -0.2) is 39.3 Å². The Labute approximate surface area is 121 Å². The van der Waals surface area contributed by atoms with Crippen LogP contribution in [0.3, 0.4) is 0 Å². The first-order chi connectivity index (χ1) is 9.47. The van der Waals surface area contributed by atoms with E-state index in [1.54, 1.807) is 0 Å². The quantitative estimate of drug-likeness (QED) is 0.664. The smallest absolute Gasteiger partial charge is 0.308 e. The third-order valence-corrected chi connectivity index (χ3v) is 5.85. The second-order valence-electron chi connectivity index (χ2n) is 4.71. The van der Waals surface area contributed by atoms with Crippen LogP contribution in [0.15, 0.2) is 16.3 Å². The van der Waals surface area contributed by atoms with E-state index in [0.29, 0.717) is 24.0 Å². The average Bonchev–Trinajstić information content (AvgIpc) is 3.06. The van der Waals surface area contributed by atoms with Gasteiger partial charge in [0.1, 0.15) is 4.21 Å². The fourth-order valence-corrected chi connectivity index (χ4v) is 4.01. The monoisotopic (exact) mass is 319 g/mol. The molecule has 1 fully saturated rings. The van der Waals surface area contributed by atoms with Crippen molar-refractivity contribution >= 4 is 27.3 Å². The van der Waals surface area contributed by atoms with Crippen molar-refractivity contribution in [2.24, 2.45) is 5.92 Å². The van der Waals surface area contributed by atoms with Crippen molar-refractivity contribution in [3.05, 3.63) is 17.0 Å². The number of carbonyl (C=O) groups is 1. The van der Waals surface area contributed by atoms with Crippen molar-refractivity contribution in [1.82, 2.24) is 4.72 Å². The van der Waals surface area contributed by atoms with Crippen LogP contribution in [-0.2, 0) is 26.0 Å². The first-order valence-electron chi connectivity index (χ1n) is 6.35. The summed E-state index contributed by atoms with van der Waals surface area (Å²) in [6, 6.07) is 2.95. The largest absolute Gasteiger partial charge is 0.481 e. The van der Waals surface area contributed by atoms with Crippen LogP contribution in [0, 0.1) is 5.92 Å². The normalized spacial score (nSPS) is 15.4. The Bertz CT molecular complexity index is 562. The van der Waals surface area contributed by atoms with Gasteiger partial charge in [-0.15, -0.1) is 11.3 Å². The van der Waals surface area contributed by atoms with E-state index in [9.17, 15) is 13.2 Å². The van der Waals surface area contributed by atoms with E-state index in [-0.39, 0.29) is 17.2 Å². The molecule has 8 heteroatoms. The molecule has 0 amide bonds. The van der Waals surface area contributed by atoms with Gasteiger partial charge in [0.2, 0.25) is 10.0 Å². The highest BCUT2D eigenvalue weighted by molar-refractivity contribution is 7.91. The number of aliphatic carboxylic acids is 1. The lowest BCUT2D eigenvalue weighted by Crippen LogP contribution is -2.27. The molecule has 20 heavy (non-hydrogen) atoms. The Morgan fingerprint density at radius 3 is 2.85 bits per heavy atom. The molecular formula is C12H17NO5S2. The second kappa shape index (κ2) is 6.66. The summed E-state index contributed by atoms with van der Waals surface area (Å²) in [7, 11) is -3.56. The molecule has 0 radical (unpaired) electrons. The molecule has 1 aliphatic carbocycles. The van der Waals surface area contributed by atoms with Crippen molar-refractivity contribution in [1.29, 1.82) is 0 Å². The summed E-state index contributed by atoms with van der Waals surface area (Å²) in [6.45, 7) is 1.27. The van der Waals surface area contributed by atoms with Gasteiger partial charge in [-0.1, -0.05) is 0 Å². The van der Waals surface area contributed by atoms with E-state index in [2.05, 4.69) is 4.72 Å². The number of hydrogen-bond acceptors (Lipinski definition) is 5.